The lowest BCUT2D eigenvalue weighted by Gasteiger charge is -2.37. The number of benzene rings is 1. The number of amides is 1. The molecule has 2 fully saturated rings. The second-order valence-electron chi connectivity index (χ2n) is 9.63. The number of β-amino-alcohol motifs (C(OH)–C–C–N with tert-alkyl or cyclic N) is 1. The first-order valence-electron chi connectivity index (χ1n) is 12.4. The van der Waals surface area contributed by atoms with E-state index in [0.29, 0.717) is 54.6 Å². The number of nitrogens with zero attached hydrogens (tertiary/aromatic N) is 4. The average Bonchev–Trinajstić information content (AvgIpc) is 3.55. The highest BCUT2D eigenvalue weighted by molar-refractivity contribution is 5.83. The van der Waals surface area contributed by atoms with Crippen LogP contribution in [0.2, 0.25) is 0 Å². The van der Waals surface area contributed by atoms with E-state index in [1.807, 2.05) is 6.92 Å². The highest BCUT2D eigenvalue weighted by Gasteiger charge is 2.44. The van der Waals surface area contributed by atoms with Gasteiger partial charge in [0.1, 0.15) is 5.82 Å². The molecule has 2 aliphatic heterocycles. The molecule has 0 radical (unpaired) electrons. The monoisotopic (exact) mass is 511 g/mol. The van der Waals surface area contributed by atoms with Gasteiger partial charge in [-0.15, -0.1) is 0 Å². The Bertz CT molecular complexity index is 1240. The van der Waals surface area contributed by atoms with Crippen LogP contribution in [0.3, 0.4) is 0 Å². The van der Waals surface area contributed by atoms with E-state index in [9.17, 15) is 14.3 Å². The molecule has 0 aliphatic carbocycles. The fourth-order valence-electron chi connectivity index (χ4n) is 4.45. The van der Waals surface area contributed by atoms with Gasteiger partial charge in [-0.2, -0.15) is 4.98 Å². The summed E-state index contributed by atoms with van der Waals surface area (Å²) in [6, 6.07) is 7.97. The van der Waals surface area contributed by atoms with Crippen molar-refractivity contribution in [2.24, 2.45) is 5.41 Å². The van der Waals surface area contributed by atoms with Crippen molar-refractivity contribution in [1.82, 2.24) is 24.8 Å². The standard InChI is InChI=1S/C26H30FN5O5/c1-3-12-35-25-28-10-8-19(29-25)21-20(16-4-6-17(27)7-5-16)30-22(31-21)23-36-14-26(2,15-37-23)24(34)32-11-9-18(33)13-32/h4-8,10,18,23,33H,3,9,11-15H2,1-2H3,(H,30,31). The number of aliphatic hydroxyl groups is 1. The van der Waals surface area contributed by atoms with Gasteiger partial charge in [-0.25, -0.2) is 14.4 Å². The van der Waals surface area contributed by atoms with Gasteiger partial charge in [0.2, 0.25) is 12.2 Å². The molecule has 2 N–H and O–H groups in total. The highest BCUT2D eigenvalue weighted by atomic mass is 19.1. The van der Waals surface area contributed by atoms with Crippen LogP contribution in [0.1, 0.15) is 38.8 Å². The molecule has 5 rings (SSSR count). The average molecular weight is 512 g/mol. The normalized spacial score (nSPS) is 23.8. The topological polar surface area (TPSA) is 123 Å². The first-order chi connectivity index (χ1) is 17.9. The second kappa shape index (κ2) is 10.5. The predicted molar refractivity (Wildman–Crippen MR) is 131 cm³/mol. The number of aromatic amines is 1. The Morgan fingerprint density at radius 1 is 1.24 bits per heavy atom. The second-order valence-corrected chi connectivity index (χ2v) is 9.63. The van der Waals surface area contributed by atoms with Crippen molar-refractivity contribution in [1.29, 1.82) is 0 Å². The Morgan fingerprint density at radius 2 is 2.00 bits per heavy atom. The third kappa shape index (κ3) is 5.34. The number of nitrogens with one attached hydrogen (secondary N) is 1. The summed E-state index contributed by atoms with van der Waals surface area (Å²) < 4.78 is 31.2. The van der Waals surface area contributed by atoms with Gasteiger partial charge >= 0.3 is 6.01 Å². The molecule has 11 heteroatoms. The number of rotatable bonds is 7. The summed E-state index contributed by atoms with van der Waals surface area (Å²) in [4.78, 5) is 31.4. The van der Waals surface area contributed by atoms with E-state index in [-0.39, 0.29) is 30.9 Å². The lowest BCUT2D eigenvalue weighted by Crippen LogP contribution is -2.49. The first kappa shape index (κ1) is 25.2. The number of carbonyl (C=O) groups is 1. The first-order valence-corrected chi connectivity index (χ1v) is 12.4. The molecule has 4 heterocycles. The molecule has 2 aromatic heterocycles. The summed E-state index contributed by atoms with van der Waals surface area (Å²) in [5, 5.41) is 9.81. The Hall–Kier alpha value is -3.41. The molecule has 2 aliphatic rings. The van der Waals surface area contributed by atoms with Crippen LogP contribution in [-0.2, 0) is 14.3 Å². The van der Waals surface area contributed by atoms with E-state index in [4.69, 9.17) is 19.2 Å². The molecule has 0 saturated carbocycles. The minimum Gasteiger partial charge on any atom is -0.463 e. The van der Waals surface area contributed by atoms with Crippen LogP contribution in [0, 0.1) is 11.2 Å². The van der Waals surface area contributed by atoms with E-state index < -0.39 is 17.8 Å². The van der Waals surface area contributed by atoms with Gasteiger partial charge in [-0.3, -0.25) is 4.79 Å². The summed E-state index contributed by atoms with van der Waals surface area (Å²) in [7, 11) is 0. The fourth-order valence-corrected chi connectivity index (χ4v) is 4.45. The highest BCUT2D eigenvalue weighted by Crippen LogP contribution is 2.36. The number of hydrogen-bond acceptors (Lipinski definition) is 8. The van der Waals surface area contributed by atoms with Crippen LogP contribution < -0.4 is 4.74 Å². The van der Waals surface area contributed by atoms with Crippen LogP contribution in [0.15, 0.2) is 36.5 Å². The summed E-state index contributed by atoms with van der Waals surface area (Å²) in [5.74, 6) is -0.0583. The van der Waals surface area contributed by atoms with E-state index in [1.54, 1.807) is 36.2 Å². The molecule has 1 unspecified atom stereocenters. The molecule has 196 valence electrons. The Balaban J connectivity index is 1.41. The van der Waals surface area contributed by atoms with Crippen molar-refractivity contribution >= 4 is 5.91 Å². The number of aromatic nitrogens is 4. The minimum atomic E-state index is -0.867. The van der Waals surface area contributed by atoms with Gasteiger partial charge < -0.3 is 29.2 Å². The van der Waals surface area contributed by atoms with Gasteiger partial charge in [0.05, 0.1) is 48.4 Å². The molecule has 37 heavy (non-hydrogen) atoms. The van der Waals surface area contributed by atoms with Crippen molar-refractivity contribution < 1.29 is 28.5 Å². The van der Waals surface area contributed by atoms with E-state index in [2.05, 4.69) is 15.0 Å². The van der Waals surface area contributed by atoms with Crippen molar-refractivity contribution in [3.63, 3.8) is 0 Å². The van der Waals surface area contributed by atoms with E-state index >= 15 is 0 Å². The van der Waals surface area contributed by atoms with E-state index in [1.165, 1.54) is 12.1 Å². The number of likely N-dealkylation sites (tertiary alicyclic amines) is 1. The van der Waals surface area contributed by atoms with Gasteiger partial charge in [0, 0.05) is 24.8 Å². The van der Waals surface area contributed by atoms with Crippen molar-refractivity contribution in [2.75, 3.05) is 32.9 Å². The Morgan fingerprint density at radius 3 is 2.68 bits per heavy atom. The molecule has 0 spiro atoms. The number of imidazole rings is 1. The molecule has 1 amide bonds. The van der Waals surface area contributed by atoms with Gasteiger partial charge in [0.15, 0.2) is 5.82 Å². The molecule has 10 nitrogen and oxygen atoms in total. The third-order valence-corrected chi connectivity index (χ3v) is 6.46. The number of ether oxygens (including phenoxy) is 3. The van der Waals surface area contributed by atoms with Gasteiger partial charge in [0.25, 0.3) is 0 Å². The van der Waals surface area contributed by atoms with Crippen molar-refractivity contribution in [3.05, 3.63) is 48.2 Å². The van der Waals surface area contributed by atoms with Crippen molar-refractivity contribution in [2.45, 2.75) is 39.1 Å². The summed E-state index contributed by atoms with van der Waals surface area (Å²) in [6.45, 7) is 5.39. The number of H-pyrrole nitrogens is 1. The predicted octanol–water partition coefficient (Wildman–Crippen LogP) is 3.11. The molecule has 0 bridgehead atoms. The fraction of sp³-hybridized carbons (Fsp3) is 0.462. The summed E-state index contributed by atoms with van der Waals surface area (Å²) >= 11 is 0. The summed E-state index contributed by atoms with van der Waals surface area (Å²) in [5.41, 5.74) is 1.47. The smallest absolute Gasteiger partial charge is 0.316 e. The van der Waals surface area contributed by atoms with Crippen LogP contribution in [0.4, 0.5) is 4.39 Å². The molecule has 1 atom stereocenters. The van der Waals surface area contributed by atoms with Gasteiger partial charge in [-0.05, 0) is 50.1 Å². The quantitative estimate of drug-likeness (QED) is 0.496. The van der Waals surface area contributed by atoms with Crippen LogP contribution in [0.5, 0.6) is 6.01 Å². The summed E-state index contributed by atoms with van der Waals surface area (Å²) in [6.07, 6.45) is 1.66. The van der Waals surface area contributed by atoms with Crippen LogP contribution >= 0.6 is 0 Å². The number of carbonyl (C=O) groups excluding carboxylic acids is 1. The largest absolute Gasteiger partial charge is 0.463 e. The molecular formula is C26H30FN5O5. The van der Waals surface area contributed by atoms with Crippen molar-refractivity contribution in [3.8, 4) is 28.7 Å². The molecular weight excluding hydrogens is 481 g/mol. The number of aliphatic hydroxyl groups excluding tert-OH is 1. The number of halogens is 1. The molecule has 2 saturated heterocycles. The maximum absolute atomic E-state index is 13.6. The van der Waals surface area contributed by atoms with Crippen LogP contribution in [0.25, 0.3) is 22.6 Å². The zero-order valence-corrected chi connectivity index (χ0v) is 20.8. The number of hydrogen-bond donors (Lipinski definition) is 2. The lowest BCUT2D eigenvalue weighted by molar-refractivity contribution is -0.234. The Kier molecular flexibility index (Phi) is 7.18. The maximum Gasteiger partial charge on any atom is 0.316 e. The molecule has 1 aromatic carbocycles. The minimum absolute atomic E-state index is 0.102. The maximum atomic E-state index is 13.6. The SMILES string of the molecule is CCCOc1nccc(-c2[nH]c(C3OCC(C)(C(=O)N4CCC(O)C4)CO3)nc2-c2ccc(F)cc2)n1. The van der Waals surface area contributed by atoms with Crippen LogP contribution in [-0.4, -0.2) is 74.9 Å². The zero-order valence-electron chi connectivity index (χ0n) is 20.8. The van der Waals surface area contributed by atoms with E-state index in [0.717, 1.165) is 6.42 Å². The molecule has 3 aromatic rings. The lowest BCUT2D eigenvalue weighted by atomic mass is 9.90. The third-order valence-electron chi connectivity index (χ3n) is 6.46. The Labute approximate surface area is 213 Å². The van der Waals surface area contributed by atoms with Gasteiger partial charge in [-0.1, -0.05) is 6.92 Å². The zero-order chi connectivity index (χ0) is 26.0.